The van der Waals surface area contributed by atoms with E-state index in [1.807, 2.05) is 0 Å². The van der Waals surface area contributed by atoms with E-state index in [-0.39, 0.29) is 26.5 Å². The van der Waals surface area contributed by atoms with Crippen molar-refractivity contribution in [3.63, 3.8) is 0 Å². The number of benzene rings is 1. The molecule has 21 heavy (non-hydrogen) atoms. The van der Waals surface area contributed by atoms with Gasteiger partial charge in [0.2, 0.25) is 10.0 Å². The molecule has 5 nitrogen and oxygen atoms in total. The van der Waals surface area contributed by atoms with Crippen molar-refractivity contribution in [2.45, 2.75) is 37.1 Å². The molecule has 2 unspecified atom stereocenters. The SMILES string of the molecule is CC1CCC(NS(=O)(=O)c2cc(C(=O)O)c(Cl)cc2Cl)C1. The van der Waals surface area contributed by atoms with Crippen LogP contribution in [0.15, 0.2) is 17.0 Å². The molecule has 0 amide bonds. The van der Waals surface area contributed by atoms with Crippen molar-refractivity contribution in [3.05, 3.63) is 27.7 Å². The van der Waals surface area contributed by atoms with Crippen LogP contribution in [0, 0.1) is 5.92 Å². The first-order valence-electron chi connectivity index (χ1n) is 6.45. The molecule has 0 aliphatic heterocycles. The maximum atomic E-state index is 12.4. The van der Waals surface area contributed by atoms with Gasteiger partial charge in [-0.1, -0.05) is 30.1 Å². The minimum atomic E-state index is -3.87. The van der Waals surface area contributed by atoms with E-state index in [0.29, 0.717) is 5.92 Å². The van der Waals surface area contributed by atoms with Crippen LogP contribution in [-0.4, -0.2) is 25.5 Å². The predicted octanol–water partition coefficient (Wildman–Crippen LogP) is 3.16. The largest absolute Gasteiger partial charge is 0.478 e. The second-order valence-corrected chi connectivity index (χ2v) is 7.80. The van der Waals surface area contributed by atoms with Gasteiger partial charge >= 0.3 is 5.97 Å². The van der Waals surface area contributed by atoms with Crippen LogP contribution in [0.25, 0.3) is 0 Å². The van der Waals surface area contributed by atoms with E-state index in [1.165, 1.54) is 0 Å². The highest BCUT2D eigenvalue weighted by Crippen LogP contribution is 2.31. The molecule has 2 atom stereocenters. The molecule has 1 aliphatic rings. The van der Waals surface area contributed by atoms with Gasteiger partial charge in [0.25, 0.3) is 0 Å². The molecule has 1 aromatic rings. The van der Waals surface area contributed by atoms with Gasteiger partial charge < -0.3 is 5.11 Å². The monoisotopic (exact) mass is 351 g/mol. The minimum absolute atomic E-state index is 0.0939. The Labute approximate surface area is 133 Å². The smallest absolute Gasteiger partial charge is 0.337 e. The Hall–Kier alpha value is -0.820. The first-order valence-corrected chi connectivity index (χ1v) is 8.69. The number of nitrogens with one attached hydrogen (secondary N) is 1. The Morgan fingerprint density at radius 1 is 1.29 bits per heavy atom. The fourth-order valence-electron chi connectivity index (χ4n) is 2.50. The van der Waals surface area contributed by atoms with Crippen molar-refractivity contribution in [2.75, 3.05) is 0 Å². The van der Waals surface area contributed by atoms with Gasteiger partial charge in [-0.05, 0) is 37.3 Å². The summed E-state index contributed by atoms with van der Waals surface area (Å²) in [6.07, 6.45) is 2.48. The summed E-state index contributed by atoms with van der Waals surface area (Å²) in [5.74, 6) is -0.837. The van der Waals surface area contributed by atoms with Gasteiger partial charge in [0.1, 0.15) is 4.90 Å². The molecule has 2 rings (SSSR count). The molecule has 0 heterocycles. The van der Waals surface area contributed by atoms with Gasteiger partial charge in [-0.25, -0.2) is 17.9 Å². The second-order valence-electron chi connectivity index (χ2n) is 5.30. The molecule has 1 aromatic carbocycles. The van der Waals surface area contributed by atoms with Crippen LogP contribution in [0.3, 0.4) is 0 Å². The van der Waals surface area contributed by atoms with Crippen molar-refractivity contribution in [1.29, 1.82) is 0 Å². The van der Waals surface area contributed by atoms with Crippen molar-refractivity contribution in [3.8, 4) is 0 Å². The summed E-state index contributed by atoms with van der Waals surface area (Å²) >= 11 is 11.7. The molecule has 1 aliphatic carbocycles. The van der Waals surface area contributed by atoms with Crippen LogP contribution in [0.4, 0.5) is 0 Å². The first-order chi connectivity index (χ1) is 9.70. The summed E-state index contributed by atoms with van der Waals surface area (Å²) in [6.45, 7) is 2.06. The number of rotatable bonds is 4. The fourth-order valence-corrected chi connectivity index (χ4v) is 4.63. The Morgan fingerprint density at radius 3 is 2.48 bits per heavy atom. The van der Waals surface area contributed by atoms with Crippen LogP contribution in [0.5, 0.6) is 0 Å². The molecule has 8 heteroatoms. The lowest BCUT2D eigenvalue weighted by Crippen LogP contribution is -2.33. The zero-order valence-corrected chi connectivity index (χ0v) is 13.6. The van der Waals surface area contributed by atoms with Crippen molar-refractivity contribution < 1.29 is 18.3 Å². The summed E-state index contributed by atoms with van der Waals surface area (Å²) in [6, 6.07) is 1.98. The predicted molar refractivity (Wildman–Crippen MR) is 80.5 cm³/mol. The first kappa shape index (κ1) is 16.5. The van der Waals surface area contributed by atoms with Crippen molar-refractivity contribution in [1.82, 2.24) is 4.72 Å². The van der Waals surface area contributed by atoms with E-state index in [1.54, 1.807) is 0 Å². The number of halogens is 2. The van der Waals surface area contributed by atoms with Crippen LogP contribution >= 0.6 is 23.2 Å². The normalized spacial score (nSPS) is 22.4. The van der Waals surface area contributed by atoms with Crippen LogP contribution in [-0.2, 0) is 10.0 Å². The average Bonchev–Trinajstić information content (AvgIpc) is 2.72. The summed E-state index contributed by atoms with van der Waals surface area (Å²) in [5.41, 5.74) is -0.291. The molecule has 0 bridgehead atoms. The van der Waals surface area contributed by atoms with Crippen molar-refractivity contribution >= 4 is 39.2 Å². The Kier molecular flexibility index (Phi) is 4.82. The van der Waals surface area contributed by atoms with E-state index in [4.69, 9.17) is 28.3 Å². The lowest BCUT2D eigenvalue weighted by atomic mass is 10.1. The van der Waals surface area contributed by atoms with Crippen LogP contribution < -0.4 is 4.72 Å². The lowest BCUT2D eigenvalue weighted by Gasteiger charge is -2.14. The molecule has 2 N–H and O–H groups in total. The number of carboxylic acid groups (broad SMARTS) is 1. The molecule has 1 fully saturated rings. The molecule has 0 spiro atoms. The molecule has 1 saturated carbocycles. The fraction of sp³-hybridized carbons (Fsp3) is 0.462. The molecule has 116 valence electrons. The number of hydrogen-bond acceptors (Lipinski definition) is 3. The quantitative estimate of drug-likeness (QED) is 0.872. The summed E-state index contributed by atoms with van der Waals surface area (Å²) in [5, 5.41) is 8.83. The molecular weight excluding hydrogens is 337 g/mol. The molecular formula is C13H15Cl2NO4S. The van der Waals surface area contributed by atoms with Crippen molar-refractivity contribution in [2.24, 2.45) is 5.92 Å². The van der Waals surface area contributed by atoms with Gasteiger partial charge in [-0.3, -0.25) is 0 Å². The van der Waals surface area contributed by atoms with Gasteiger partial charge in [-0.2, -0.15) is 0 Å². The average molecular weight is 352 g/mol. The Balaban J connectivity index is 2.35. The highest BCUT2D eigenvalue weighted by molar-refractivity contribution is 7.89. The zero-order valence-electron chi connectivity index (χ0n) is 11.3. The number of carbonyl (C=O) groups is 1. The number of hydrogen-bond donors (Lipinski definition) is 2. The third kappa shape index (κ3) is 3.69. The third-order valence-electron chi connectivity index (χ3n) is 3.56. The van der Waals surface area contributed by atoms with E-state index in [2.05, 4.69) is 11.6 Å². The molecule has 0 radical (unpaired) electrons. The minimum Gasteiger partial charge on any atom is -0.478 e. The topological polar surface area (TPSA) is 83.5 Å². The summed E-state index contributed by atoms with van der Waals surface area (Å²) in [7, 11) is -3.87. The highest BCUT2D eigenvalue weighted by Gasteiger charge is 2.29. The van der Waals surface area contributed by atoms with Gasteiger partial charge in [0, 0.05) is 6.04 Å². The van der Waals surface area contributed by atoms with E-state index < -0.39 is 16.0 Å². The van der Waals surface area contributed by atoms with Gasteiger partial charge in [-0.15, -0.1) is 0 Å². The molecule has 0 aromatic heterocycles. The number of carboxylic acids is 1. The standard InChI is InChI=1S/C13H15Cl2NO4S/c1-7-2-3-8(4-7)16-21(19,20)12-5-9(13(17)18)10(14)6-11(12)15/h5-8,16H,2-4H2,1H3,(H,17,18). The Bertz CT molecular complexity index is 675. The van der Waals surface area contributed by atoms with Gasteiger partial charge in [0.15, 0.2) is 0 Å². The van der Waals surface area contributed by atoms with Crippen LogP contribution in [0.1, 0.15) is 36.5 Å². The summed E-state index contributed by atoms with van der Waals surface area (Å²) in [4.78, 5) is 10.8. The molecule has 0 saturated heterocycles. The lowest BCUT2D eigenvalue weighted by molar-refractivity contribution is 0.0697. The van der Waals surface area contributed by atoms with E-state index in [9.17, 15) is 13.2 Å². The highest BCUT2D eigenvalue weighted by atomic mass is 35.5. The third-order valence-corrected chi connectivity index (χ3v) is 5.86. The van der Waals surface area contributed by atoms with E-state index in [0.717, 1.165) is 31.4 Å². The number of aromatic carboxylic acids is 1. The van der Waals surface area contributed by atoms with E-state index >= 15 is 0 Å². The maximum absolute atomic E-state index is 12.4. The second kappa shape index (κ2) is 6.12. The Morgan fingerprint density at radius 2 is 1.95 bits per heavy atom. The number of sulfonamides is 1. The maximum Gasteiger partial charge on any atom is 0.337 e. The van der Waals surface area contributed by atoms with Crippen LogP contribution in [0.2, 0.25) is 10.0 Å². The van der Waals surface area contributed by atoms with Gasteiger partial charge in [0.05, 0.1) is 15.6 Å². The zero-order chi connectivity index (χ0) is 15.8. The summed E-state index contributed by atoms with van der Waals surface area (Å²) < 4.78 is 27.3.